The first-order chi connectivity index (χ1) is 10.6. The van der Waals surface area contributed by atoms with E-state index < -0.39 is 6.10 Å². The molecule has 0 bridgehead atoms. The SMILES string of the molecule is C=CCSc1nnc(NC(=O)[C@H](C)Oc2ccccc2C)s1. The van der Waals surface area contributed by atoms with Crippen molar-refractivity contribution in [1.29, 1.82) is 0 Å². The molecule has 2 aromatic rings. The van der Waals surface area contributed by atoms with Crippen LogP contribution in [-0.2, 0) is 4.79 Å². The van der Waals surface area contributed by atoms with Crippen molar-refractivity contribution < 1.29 is 9.53 Å². The van der Waals surface area contributed by atoms with Gasteiger partial charge in [0.25, 0.3) is 5.91 Å². The zero-order chi connectivity index (χ0) is 15.9. The minimum absolute atomic E-state index is 0.250. The molecule has 0 radical (unpaired) electrons. The van der Waals surface area contributed by atoms with Crippen LogP contribution in [0.2, 0.25) is 0 Å². The first kappa shape index (κ1) is 16.5. The Labute approximate surface area is 137 Å². The third kappa shape index (κ3) is 4.57. The Hall–Kier alpha value is -1.86. The molecule has 0 saturated carbocycles. The first-order valence-electron chi connectivity index (χ1n) is 6.70. The molecular weight excluding hydrogens is 318 g/mol. The van der Waals surface area contributed by atoms with Crippen LogP contribution >= 0.6 is 23.1 Å². The Bertz CT molecular complexity index is 658. The van der Waals surface area contributed by atoms with Crippen LogP contribution < -0.4 is 10.1 Å². The second-order valence-corrected chi connectivity index (χ2v) is 6.73. The zero-order valence-corrected chi connectivity index (χ0v) is 14.0. The number of carbonyl (C=O) groups is 1. The summed E-state index contributed by atoms with van der Waals surface area (Å²) in [5.41, 5.74) is 0.987. The summed E-state index contributed by atoms with van der Waals surface area (Å²) in [6, 6.07) is 7.58. The van der Waals surface area contributed by atoms with Crippen molar-refractivity contribution in [3.8, 4) is 5.75 Å². The van der Waals surface area contributed by atoms with Crippen LogP contribution in [0.1, 0.15) is 12.5 Å². The van der Waals surface area contributed by atoms with Crippen molar-refractivity contribution in [2.75, 3.05) is 11.1 Å². The van der Waals surface area contributed by atoms with Crippen LogP contribution in [0, 0.1) is 6.92 Å². The number of carbonyl (C=O) groups excluding carboxylic acids is 1. The summed E-state index contributed by atoms with van der Waals surface area (Å²) in [4.78, 5) is 12.1. The van der Waals surface area contributed by atoms with Gasteiger partial charge >= 0.3 is 0 Å². The van der Waals surface area contributed by atoms with Gasteiger partial charge in [-0.05, 0) is 25.5 Å². The third-order valence-corrected chi connectivity index (χ3v) is 4.70. The molecule has 22 heavy (non-hydrogen) atoms. The lowest BCUT2D eigenvalue weighted by Gasteiger charge is -2.15. The monoisotopic (exact) mass is 335 g/mol. The Morgan fingerprint density at radius 2 is 2.27 bits per heavy atom. The highest BCUT2D eigenvalue weighted by Gasteiger charge is 2.17. The third-order valence-electron chi connectivity index (χ3n) is 2.73. The fourth-order valence-electron chi connectivity index (χ4n) is 1.59. The molecular formula is C15H17N3O2S2. The normalized spacial score (nSPS) is 11.7. The smallest absolute Gasteiger partial charge is 0.266 e. The standard InChI is InChI=1S/C15H17N3O2S2/c1-4-9-21-15-18-17-14(22-15)16-13(19)11(3)20-12-8-6-5-7-10(12)2/h4-8,11H,1,9H2,2-3H3,(H,16,17,19)/t11-/m0/s1. The summed E-state index contributed by atoms with van der Waals surface area (Å²) in [6.07, 6.45) is 1.18. The predicted molar refractivity (Wildman–Crippen MR) is 90.7 cm³/mol. The quantitative estimate of drug-likeness (QED) is 0.476. The Kier molecular flexibility index (Phi) is 5.97. The fraction of sp³-hybridized carbons (Fsp3) is 0.267. The van der Waals surface area contributed by atoms with Gasteiger partial charge in [-0.25, -0.2) is 0 Å². The van der Waals surface area contributed by atoms with Crippen molar-refractivity contribution in [1.82, 2.24) is 10.2 Å². The van der Waals surface area contributed by atoms with E-state index in [4.69, 9.17) is 4.74 Å². The number of benzene rings is 1. The van der Waals surface area contributed by atoms with Crippen molar-refractivity contribution in [2.45, 2.75) is 24.3 Å². The number of aromatic nitrogens is 2. The lowest BCUT2D eigenvalue weighted by Crippen LogP contribution is -2.30. The average Bonchev–Trinajstić information content (AvgIpc) is 2.94. The van der Waals surface area contributed by atoms with E-state index in [1.165, 1.54) is 23.1 Å². The number of nitrogens with zero attached hydrogens (tertiary/aromatic N) is 2. The van der Waals surface area contributed by atoms with E-state index in [9.17, 15) is 4.79 Å². The summed E-state index contributed by atoms with van der Waals surface area (Å²) >= 11 is 2.86. The van der Waals surface area contributed by atoms with Crippen LogP contribution in [0.5, 0.6) is 5.75 Å². The molecule has 0 unspecified atom stereocenters. The molecule has 116 valence electrons. The highest BCUT2D eigenvalue weighted by atomic mass is 32.2. The number of hydrogen-bond acceptors (Lipinski definition) is 6. The molecule has 0 aliphatic heterocycles. The highest BCUT2D eigenvalue weighted by molar-refractivity contribution is 8.01. The largest absolute Gasteiger partial charge is 0.481 e. The molecule has 0 saturated heterocycles. The minimum atomic E-state index is -0.616. The summed E-state index contributed by atoms with van der Waals surface area (Å²) in [5.74, 6) is 1.21. The second-order valence-electron chi connectivity index (χ2n) is 4.49. The Morgan fingerprint density at radius 1 is 1.50 bits per heavy atom. The number of ether oxygens (including phenoxy) is 1. The summed E-state index contributed by atoms with van der Waals surface area (Å²) in [5, 5.41) is 11.1. The number of para-hydroxylation sites is 1. The number of nitrogens with one attached hydrogen (secondary N) is 1. The second kappa shape index (κ2) is 7.95. The molecule has 1 atom stereocenters. The first-order valence-corrected chi connectivity index (χ1v) is 8.50. The fourth-order valence-corrected chi connectivity index (χ4v) is 3.10. The van der Waals surface area contributed by atoms with E-state index >= 15 is 0 Å². The molecule has 1 amide bonds. The van der Waals surface area contributed by atoms with Crippen molar-refractivity contribution in [3.05, 3.63) is 42.5 Å². The van der Waals surface area contributed by atoms with Crippen LogP contribution in [0.15, 0.2) is 41.3 Å². The van der Waals surface area contributed by atoms with Gasteiger partial charge in [0.05, 0.1) is 0 Å². The molecule has 0 spiro atoms. The minimum Gasteiger partial charge on any atom is -0.481 e. The summed E-state index contributed by atoms with van der Waals surface area (Å²) < 4.78 is 6.47. The van der Waals surface area contributed by atoms with E-state index in [1.54, 1.807) is 13.0 Å². The van der Waals surface area contributed by atoms with Gasteiger partial charge in [-0.2, -0.15) is 0 Å². The Balaban J connectivity index is 1.92. The van der Waals surface area contributed by atoms with Gasteiger partial charge in [0.15, 0.2) is 10.4 Å². The van der Waals surface area contributed by atoms with Crippen molar-refractivity contribution >= 4 is 34.1 Å². The molecule has 0 aliphatic carbocycles. The van der Waals surface area contributed by atoms with Crippen molar-refractivity contribution in [3.63, 3.8) is 0 Å². The number of amides is 1. The lowest BCUT2D eigenvalue weighted by molar-refractivity contribution is -0.122. The van der Waals surface area contributed by atoms with Crippen LogP contribution in [-0.4, -0.2) is 28.0 Å². The van der Waals surface area contributed by atoms with Crippen LogP contribution in [0.4, 0.5) is 5.13 Å². The predicted octanol–water partition coefficient (Wildman–Crippen LogP) is 3.53. The summed E-state index contributed by atoms with van der Waals surface area (Å²) in [7, 11) is 0. The van der Waals surface area contributed by atoms with Gasteiger partial charge in [-0.15, -0.1) is 16.8 Å². The molecule has 1 aromatic carbocycles. The van der Waals surface area contributed by atoms with E-state index in [0.29, 0.717) is 10.9 Å². The Morgan fingerprint density at radius 3 is 3.00 bits per heavy atom. The van der Waals surface area contributed by atoms with Gasteiger partial charge in [0.2, 0.25) is 5.13 Å². The van der Waals surface area contributed by atoms with Crippen molar-refractivity contribution in [2.24, 2.45) is 0 Å². The van der Waals surface area contributed by atoms with E-state index in [2.05, 4.69) is 22.1 Å². The van der Waals surface area contributed by atoms with Crippen LogP contribution in [0.25, 0.3) is 0 Å². The molecule has 1 heterocycles. The highest BCUT2D eigenvalue weighted by Crippen LogP contribution is 2.25. The van der Waals surface area contributed by atoms with E-state index in [-0.39, 0.29) is 5.91 Å². The molecule has 0 fully saturated rings. The maximum absolute atomic E-state index is 12.1. The maximum atomic E-state index is 12.1. The number of anilines is 1. The van der Waals surface area contributed by atoms with Gasteiger partial charge in [0.1, 0.15) is 5.75 Å². The van der Waals surface area contributed by atoms with Gasteiger partial charge in [0, 0.05) is 5.75 Å². The number of hydrogen-bond donors (Lipinski definition) is 1. The number of thioether (sulfide) groups is 1. The molecule has 7 heteroatoms. The van der Waals surface area contributed by atoms with E-state index in [0.717, 1.165) is 15.7 Å². The van der Waals surface area contributed by atoms with Gasteiger partial charge in [-0.1, -0.05) is 47.4 Å². The molecule has 2 rings (SSSR count). The van der Waals surface area contributed by atoms with E-state index in [1.807, 2.05) is 31.2 Å². The number of aryl methyl sites for hydroxylation is 1. The molecule has 1 N–H and O–H groups in total. The lowest BCUT2D eigenvalue weighted by atomic mass is 10.2. The summed E-state index contributed by atoms with van der Waals surface area (Å²) in [6.45, 7) is 7.29. The van der Waals surface area contributed by atoms with Gasteiger partial charge in [-0.3, -0.25) is 10.1 Å². The van der Waals surface area contributed by atoms with Crippen LogP contribution in [0.3, 0.4) is 0 Å². The average molecular weight is 335 g/mol. The topological polar surface area (TPSA) is 64.1 Å². The number of rotatable bonds is 7. The maximum Gasteiger partial charge on any atom is 0.266 e. The zero-order valence-electron chi connectivity index (χ0n) is 12.4. The molecule has 1 aromatic heterocycles. The molecule has 5 nitrogen and oxygen atoms in total. The molecule has 0 aliphatic rings. The van der Waals surface area contributed by atoms with Gasteiger partial charge < -0.3 is 4.74 Å².